The highest BCUT2D eigenvalue weighted by Crippen LogP contribution is 2.46. The fraction of sp³-hybridized carbons (Fsp3) is 0.412. The van der Waals surface area contributed by atoms with E-state index in [4.69, 9.17) is 0 Å². The second kappa shape index (κ2) is 6.40. The molecular weight excluding hydrogens is 349 g/mol. The van der Waals surface area contributed by atoms with E-state index in [1.807, 2.05) is 22.9 Å². The van der Waals surface area contributed by atoms with Gasteiger partial charge in [0.1, 0.15) is 6.17 Å². The van der Waals surface area contributed by atoms with Crippen LogP contribution >= 0.6 is 11.8 Å². The van der Waals surface area contributed by atoms with Crippen molar-refractivity contribution in [1.29, 1.82) is 0 Å². The van der Waals surface area contributed by atoms with Crippen molar-refractivity contribution in [3.63, 3.8) is 0 Å². The van der Waals surface area contributed by atoms with Crippen LogP contribution < -0.4 is 9.80 Å². The predicted octanol–water partition coefficient (Wildman–Crippen LogP) is 4.58. The lowest BCUT2D eigenvalue weighted by molar-refractivity contribution is -0.137. The molecular formula is C17H19F3N4S. The van der Waals surface area contributed by atoms with Gasteiger partial charge in [-0.05, 0) is 12.1 Å². The van der Waals surface area contributed by atoms with Crippen LogP contribution in [0.15, 0.2) is 35.6 Å². The molecule has 2 aromatic heterocycles. The lowest BCUT2D eigenvalue weighted by Gasteiger charge is -2.29. The quantitative estimate of drug-likeness (QED) is 0.741. The van der Waals surface area contributed by atoms with Crippen LogP contribution in [0, 0.1) is 0 Å². The van der Waals surface area contributed by atoms with Crippen molar-refractivity contribution in [2.75, 3.05) is 23.9 Å². The van der Waals surface area contributed by atoms with E-state index >= 15 is 0 Å². The number of halogens is 3. The number of rotatable bonds is 3. The van der Waals surface area contributed by atoms with Crippen LogP contribution in [0.5, 0.6) is 0 Å². The normalized spacial score (nSPS) is 17.4. The van der Waals surface area contributed by atoms with E-state index in [-0.39, 0.29) is 6.17 Å². The number of pyridine rings is 2. The second-order valence-corrected chi connectivity index (χ2v) is 7.86. The molecule has 4 nitrogen and oxygen atoms in total. The Bertz CT molecular complexity index is 779. The van der Waals surface area contributed by atoms with Gasteiger partial charge >= 0.3 is 6.18 Å². The van der Waals surface area contributed by atoms with E-state index in [1.165, 1.54) is 0 Å². The van der Waals surface area contributed by atoms with Crippen LogP contribution in [0.3, 0.4) is 0 Å². The molecule has 1 unspecified atom stereocenters. The Balaban J connectivity index is 2.03. The first-order chi connectivity index (χ1) is 11.7. The molecule has 134 valence electrons. The minimum Gasteiger partial charge on any atom is -0.347 e. The minimum atomic E-state index is -4.41. The Morgan fingerprint density at radius 2 is 1.88 bits per heavy atom. The number of alkyl halides is 3. The summed E-state index contributed by atoms with van der Waals surface area (Å²) in [5.74, 6) is 0.540. The van der Waals surface area contributed by atoms with Crippen LogP contribution in [0.4, 0.5) is 24.7 Å². The Hall–Kier alpha value is -1.96. The molecule has 0 aliphatic carbocycles. The van der Waals surface area contributed by atoms with Gasteiger partial charge in [-0.3, -0.25) is 4.98 Å². The summed E-state index contributed by atoms with van der Waals surface area (Å²) in [6.45, 7) is 4.19. The monoisotopic (exact) mass is 368 g/mol. The summed E-state index contributed by atoms with van der Waals surface area (Å²) in [5, 5.41) is 0.372. The number of aromatic nitrogens is 2. The van der Waals surface area contributed by atoms with Crippen molar-refractivity contribution in [1.82, 2.24) is 9.97 Å². The van der Waals surface area contributed by atoms with Crippen LogP contribution in [0.1, 0.15) is 31.1 Å². The number of nitrogens with zero attached hydrogens (tertiary/aromatic N) is 4. The van der Waals surface area contributed by atoms with E-state index in [9.17, 15) is 13.2 Å². The van der Waals surface area contributed by atoms with Gasteiger partial charge in [-0.25, -0.2) is 4.98 Å². The standard InChI is InChI=1S/C17H19F3N4S/c1-10(2)25-14-9-21-6-5-12(14)16-23(3)13-7-11(17(18,19)20)8-22-15(13)24(16)4/h5-10,16H,1-4H3. The SMILES string of the molecule is CC(C)Sc1cnccc1C1N(C)c2cc(C(F)(F)F)cnc2N1C. The van der Waals surface area contributed by atoms with Gasteiger partial charge in [0.15, 0.2) is 5.82 Å². The Kier molecular flexibility index (Phi) is 4.57. The molecule has 25 heavy (non-hydrogen) atoms. The van der Waals surface area contributed by atoms with Gasteiger partial charge in [0.2, 0.25) is 0 Å². The molecule has 0 saturated heterocycles. The molecule has 1 aliphatic rings. The number of hydrogen-bond acceptors (Lipinski definition) is 5. The van der Waals surface area contributed by atoms with E-state index in [2.05, 4.69) is 23.8 Å². The largest absolute Gasteiger partial charge is 0.417 e. The molecule has 3 heterocycles. The van der Waals surface area contributed by atoms with E-state index < -0.39 is 11.7 Å². The average molecular weight is 368 g/mol. The Morgan fingerprint density at radius 3 is 2.52 bits per heavy atom. The molecule has 8 heteroatoms. The molecule has 0 aromatic carbocycles. The zero-order valence-electron chi connectivity index (χ0n) is 14.4. The van der Waals surface area contributed by atoms with E-state index in [0.717, 1.165) is 22.7 Å². The third kappa shape index (κ3) is 3.27. The molecule has 1 atom stereocenters. The maximum absolute atomic E-state index is 13.0. The zero-order valence-corrected chi connectivity index (χ0v) is 15.2. The third-order valence-corrected chi connectivity index (χ3v) is 5.15. The molecule has 0 amide bonds. The topological polar surface area (TPSA) is 32.3 Å². The van der Waals surface area contributed by atoms with Crippen LogP contribution in [0.2, 0.25) is 0 Å². The van der Waals surface area contributed by atoms with Crippen molar-refractivity contribution in [3.8, 4) is 0 Å². The average Bonchev–Trinajstić information content (AvgIpc) is 2.78. The third-order valence-electron chi connectivity index (χ3n) is 4.08. The van der Waals surface area contributed by atoms with Gasteiger partial charge in [0.05, 0.1) is 11.3 Å². The fourth-order valence-electron chi connectivity index (χ4n) is 3.01. The van der Waals surface area contributed by atoms with Crippen LogP contribution in [0.25, 0.3) is 0 Å². The molecule has 0 bridgehead atoms. The maximum atomic E-state index is 13.0. The molecule has 0 radical (unpaired) electrons. The number of anilines is 2. The summed E-state index contributed by atoms with van der Waals surface area (Å²) in [6.07, 6.45) is -0.232. The summed E-state index contributed by atoms with van der Waals surface area (Å²) in [7, 11) is 3.64. The first-order valence-electron chi connectivity index (χ1n) is 7.83. The van der Waals surface area contributed by atoms with Crippen molar-refractivity contribution >= 4 is 23.3 Å². The highest BCUT2D eigenvalue weighted by molar-refractivity contribution is 8.00. The second-order valence-electron chi connectivity index (χ2n) is 6.24. The molecule has 0 spiro atoms. The Labute approximate surface area is 149 Å². The molecule has 0 fully saturated rings. The Morgan fingerprint density at radius 1 is 1.16 bits per heavy atom. The molecule has 3 rings (SSSR count). The molecule has 0 N–H and O–H groups in total. The number of hydrogen-bond donors (Lipinski definition) is 0. The summed E-state index contributed by atoms with van der Waals surface area (Å²) >= 11 is 1.69. The van der Waals surface area contributed by atoms with E-state index in [1.54, 1.807) is 31.2 Å². The number of thioether (sulfide) groups is 1. The van der Waals surface area contributed by atoms with Gasteiger partial charge in [0.25, 0.3) is 0 Å². The van der Waals surface area contributed by atoms with Gasteiger partial charge in [-0.2, -0.15) is 13.2 Å². The van der Waals surface area contributed by atoms with Gasteiger partial charge in [0, 0.05) is 48.4 Å². The minimum absolute atomic E-state index is 0.227. The lowest BCUT2D eigenvalue weighted by Crippen LogP contribution is -2.31. The fourth-order valence-corrected chi connectivity index (χ4v) is 3.95. The summed E-state index contributed by atoms with van der Waals surface area (Å²) in [5.41, 5.74) is 0.739. The summed E-state index contributed by atoms with van der Waals surface area (Å²) in [6, 6.07) is 3.08. The van der Waals surface area contributed by atoms with Crippen LogP contribution in [-0.4, -0.2) is 29.3 Å². The smallest absolute Gasteiger partial charge is 0.347 e. The predicted molar refractivity (Wildman–Crippen MR) is 94.0 cm³/mol. The lowest BCUT2D eigenvalue weighted by atomic mass is 10.2. The molecule has 0 saturated carbocycles. The molecule has 1 aliphatic heterocycles. The van der Waals surface area contributed by atoms with Gasteiger partial charge < -0.3 is 9.80 Å². The summed E-state index contributed by atoms with van der Waals surface area (Å²) in [4.78, 5) is 13.0. The van der Waals surface area contributed by atoms with Crippen molar-refractivity contribution in [2.24, 2.45) is 0 Å². The molecule has 2 aromatic rings. The van der Waals surface area contributed by atoms with E-state index in [0.29, 0.717) is 16.8 Å². The van der Waals surface area contributed by atoms with Gasteiger partial charge in [-0.15, -0.1) is 11.8 Å². The zero-order chi connectivity index (χ0) is 18.4. The van der Waals surface area contributed by atoms with Gasteiger partial charge in [-0.1, -0.05) is 13.8 Å². The summed E-state index contributed by atoms with van der Waals surface area (Å²) < 4.78 is 39.1. The highest BCUT2D eigenvalue weighted by Gasteiger charge is 2.38. The maximum Gasteiger partial charge on any atom is 0.417 e. The number of fused-ring (bicyclic) bond motifs is 1. The van der Waals surface area contributed by atoms with Crippen molar-refractivity contribution in [2.45, 2.75) is 36.3 Å². The first kappa shape index (κ1) is 17.8. The van der Waals surface area contributed by atoms with Crippen molar-refractivity contribution < 1.29 is 13.2 Å². The highest BCUT2D eigenvalue weighted by atomic mass is 32.2. The first-order valence-corrected chi connectivity index (χ1v) is 8.71. The van der Waals surface area contributed by atoms with Crippen LogP contribution in [-0.2, 0) is 6.18 Å². The van der Waals surface area contributed by atoms with Crippen molar-refractivity contribution in [3.05, 3.63) is 41.9 Å².